The van der Waals surface area contributed by atoms with Gasteiger partial charge in [-0.15, -0.1) is 11.3 Å². The van der Waals surface area contributed by atoms with E-state index in [0.717, 1.165) is 13.1 Å². The summed E-state index contributed by atoms with van der Waals surface area (Å²) in [5, 5.41) is 11.0. The smallest absolute Gasteiger partial charge is 0.537 e. The minimum Gasteiger partial charge on any atom is -0.537 e. The summed E-state index contributed by atoms with van der Waals surface area (Å²) in [5.41, 5.74) is 0. The summed E-state index contributed by atoms with van der Waals surface area (Å²) in [6.45, 7) is 0. The van der Waals surface area contributed by atoms with Gasteiger partial charge in [0, 0.05) is 20.2 Å². The number of hydrogen-bond acceptors (Lipinski definition) is 3. The molecule has 2 aromatic carbocycles. The van der Waals surface area contributed by atoms with Gasteiger partial charge in [-0.3, -0.25) is 0 Å². The van der Waals surface area contributed by atoms with Gasteiger partial charge in [0.2, 0.25) is 0 Å². The molecule has 16 heavy (non-hydrogen) atoms. The van der Waals surface area contributed by atoms with Gasteiger partial charge in [-0.05, 0) is 18.2 Å². The van der Waals surface area contributed by atoms with Crippen molar-refractivity contribution in [2.24, 2.45) is 0 Å². The molecule has 1 heterocycles. The maximum Gasteiger partial charge on any atom is 0.569 e. The predicted octanol–water partition coefficient (Wildman–Crippen LogP) is 2.96. The van der Waals surface area contributed by atoms with Gasteiger partial charge in [-0.1, -0.05) is 24.3 Å². The second-order valence-corrected chi connectivity index (χ2v) is 4.53. The van der Waals surface area contributed by atoms with Gasteiger partial charge in [0.1, 0.15) is 5.75 Å². The molecule has 4 heteroatoms. The molecule has 0 aliphatic rings. The normalized spacial score (nSPS) is 10.8. The Morgan fingerprint density at radius 1 is 1.00 bits per heavy atom. The minimum absolute atomic E-state index is 0.692. The summed E-state index contributed by atoms with van der Waals surface area (Å²) in [7, 11) is 0.723. The second-order valence-electron chi connectivity index (χ2n) is 3.45. The van der Waals surface area contributed by atoms with Crippen LogP contribution in [0.2, 0.25) is 0 Å². The standard InChI is InChI=1S/C12H8BO2S/c14-13-15-9-5-3-7-11-12(9)8-4-1-2-6-10(8)16-11/h1-7,14H. The van der Waals surface area contributed by atoms with Crippen molar-refractivity contribution in [2.45, 2.75) is 0 Å². The van der Waals surface area contributed by atoms with Crippen LogP contribution in [0.5, 0.6) is 5.75 Å². The maximum atomic E-state index is 8.74. The lowest BCUT2D eigenvalue weighted by molar-refractivity contribution is 0.457. The van der Waals surface area contributed by atoms with Crippen molar-refractivity contribution in [3.8, 4) is 5.75 Å². The summed E-state index contributed by atoms with van der Waals surface area (Å²) in [6, 6.07) is 14.0. The topological polar surface area (TPSA) is 29.5 Å². The van der Waals surface area contributed by atoms with Crippen molar-refractivity contribution in [3.05, 3.63) is 42.5 Å². The Kier molecular flexibility index (Phi) is 2.31. The van der Waals surface area contributed by atoms with Crippen molar-refractivity contribution in [3.63, 3.8) is 0 Å². The van der Waals surface area contributed by atoms with Gasteiger partial charge in [0.15, 0.2) is 0 Å². The van der Waals surface area contributed by atoms with E-state index in [1.165, 1.54) is 14.8 Å². The Hall–Kier alpha value is -1.52. The van der Waals surface area contributed by atoms with Crippen molar-refractivity contribution in [1.82, 2.24) is 0 Å². The number of benzene rings is 2. The zero-order valence-electron chi connectivity index (χ0n) is 8.38. The molecule has 0 spiro atoms. The van der Waals surface area contributed by atoms with Crippen LogP contribution < -0.4 is 4.65 Å². The van der Waals surface area contributed by atoms with Crippen LogP contribution in [0.4, 0.5) is 0 Å². The first-order valence-electron chi connectivity index (χ1n) is 4.93. The molecule has 0 amide bonds. The lowest BCUT2D eigenvalue weighted by Gasteiger charge is -2.03. The molecule has 1 radical (unpaired) electrons. The fraction of sp³-hybridized carbons (Fsp3) is 0. The molecular formula is C12H8BO2S. The first kappa shape index (κ1) is 9.69. The van der Waals surface area contributed by atoms with E-state index in [2.05, 4.69) is 18.2 Å². The van der Waals surface area contributed by atoms with E-state index in [9.17, 15) is 0 Å². The van der Waals surface area contributed by atoms with Crippen molar-refractivity contribution >= 4 is 39.2 Å². The van der Waals surface area contributed by atoms with Crippen LogP contribution in [0.3, 0.4) is 0 Å². The quantitative estimate of drug-likeness (QED) is 0.682. The summed E-state index contributed by atoms with van der Waals surface area (Å²) >= 11 is 1.73. The van der Waals surface area contributed by atoms with E-state index in [-0.39, 0.29) is 0 Å². The molecule has 3 rings (SSSR count). The Labute approximate surface area is 97.4 Å². The Morgan fingerprint density at radius 3 is 2.69 bits per heavy atom. The molecule has 1 N–H and O–H groups in total. The molecule has 0 unspecified atom stereocenters. The monoisotopic (exact) mass is 227 g/mol. The van der Waals surface area contributed by atoms with Gasteiger partial charge >= 0.3 is 7.69 Å². The molecular weight excluding hydrogens is 219 g/mol. The first-order chi connectivity index (χ1) is 7.90. The van der Waals surface area contributed by atoms with Crippen LogP contribution in [-0.4, -0.2) is 12.7 Å². The molecule has 0 saturated heterocycles. The lowest BCUT2D eigenvalue weighted by Crippen LogP contribution is -1.99. The molecule has 77 valence electrons. The van der Waals surface area contributed by atoms with Gasteiger partial charge in [-0.2, -0.15) is 0 Å². The van der Waals surface area contributed by atoms with E-state index in [1.54, 1.807) is 11.3 Å². The van der Waals surface area contributed by atoms with Gasteiger partial charge < -0.3 is 9.68 Å². The summed E-state index contributed by atoms with van der Waals surface area (Å²) in [6.07, 6.45) is 0. The Bertz CT molecular complexity index is 648. The average molecular weight is 227 g/mol. The van der Waals surface area contributed by atoms with Crippen LogP contribution in [-0.2, 0) is 0 Å². The number of hydrogen-bond donors (Lipinski definition) is 1. The molecule has 0 aliphatic heterocycles. The first-order valence-corrected chi connectivity index (χ1v) is 5.74. The number of thiophene rings is 1. The highest BCUT2D eigenvalue weighted by molar-refractivity contribution is 7.25. The third-order valence-electron chi connectivity index (χ3n) is 2.54. The summed E-state index contributed by atoms with van der Waals surface area (Å²) in [4.78, 5) is 0. The molecule has 0 fully saturated rings. The van der Waals surface area contributed by atoms with E-state index in [0.29, 0.717) is 5.75 Å². The average Bonchev–Trinajstić information content (AvgIpc) is 2.68. The highest BCUT2D eigenvalue weighted by Gasteiger charge is 2.09. The van der Waals surface area contributed by atoms with E-state index in [1.807, 2.05) is 24.3 Å². The molecule has 0 atom stereocenters. The fourth-order valence-corrected chi connectivity index (χ4v) is 3.02. The third kappa shape index (κ3) is 1.38. The largest absolute Gasteiger partial charge is 0.569 e. The van der Waals surface area contributed by atoms with Gasteiger partial charge in [0.25, 0.3) is 0 Å². The van der Waals surface area contributed by atoms with Gasteiger partial charge in [-0.25, -0.2) is 0 Å². The lowest BCUT2D eigenvalue weighted by atomic mass is 10.1. The van der Waals surface area contributed by atoms with Crippen molar-refractivity contribution < 1.29 is 9.68 Å². The SMILES string of the molecule is O[B]Oc1cccc2sc3ccccc3c12. The van der Waals surface area contributed by atoms with Crippen LogP contribution in [0.25, 0.3) is 20.2 Å². The Morgan fingerprint density at radius 2 is 1.81 bits per heavy atom. The third-order valence-corrected chi connectivity index (χ3v) is 3.68. The van der Waals surface area contributed by atoms with Crippen molar-refractivity contribution in [2.75, 3.05) is 0 Å². The second kappa shape index (κ2) is 3.81. The van der Waals surface area contributed by atoms with Crippen molar-refractivity contribution in [1.29, 1.82) is 0 Å². The zero-order valence-corrected chi connectivity index (χ0v) is 9.20. The predicted molar refractivity (Wildman–Crippen MR) is 67.9 cm³/mol. The zero-order chi connectivity index (χ0) is 11.0. The number of rotatable bonds is 2. The number of fused-ring (bicyclic) bond motifs is 3. The maximum absolute atomic E-state index is 8.74. The molecule has 0 saturated carbocycles. The van der Waals surface area contributed by atoms with Crippen LogP contribution in [0, 0.1) is 0 Å². The molecule has 3 aromatic rings. The highest BCUT2D eigenvalue weighted by Crippen LogP contribution is 2.38. The Balaban J connectivity index is 2.43. The van der Waals surface area contributed by atoms with Crippen LogP contribution >= 0.6 is 11.3 Å². The van der Waals surface area contributed by atoms with E-state index < -0.39 is 0 Å². The highest BCUT2D eigenvalue weighted by atomic mass is 32.1. The fourth-order valence-electron chi connectivity index (χ4n) is 1.90. The molecule has 1 aromatic heterocycles. The van der Waals surface area contributed by atoms with E-state index >= 15 is 0 Å². The molecule has 0 aliphatic carbocycles. The summed E-state index contributed by atoms with van der Waals surface area (Å²) < 4.78 is 7.52. The van der Waals surface area contributed by atoms with E-state index in [4.69, 9.17) is 9.68 Å². The van der Waals surface area contributed by atoms with Crippen LogP contribution in [0.1, 0.15) is 0 Å². The molecule has 0 bridgehead atoms. The van der Waals surface area contributed by atoms with Gasteiger partial charge in [0.05, 0.1) is 0 Å². The van der Waals surface area contributed by atoms with Crippen LogP contribution in [0.15, 0.2) is 42.5 Å². The minimum atomic E-state index is 0.692. The summed E-state index contributed by atoms with van der Waals surface area (Å²) in [5.74, 6) is 0.692. The molecule has 2 nitrogen and oxygen atoms in total.